The molecular weight excluding hydrogens is 380 g/mol. The summed E-state index contributed by atoms with van der Waals surface area (Å²) >= 11 is 0. The molecule has 30 heavy (non-hydrogen) atoms. The molecule has 156 valence electrons. The van der Waals surface area contributed by atoms with E-state index in [1.165, 1.54) is 0 Å². The summed E-state index contributed by atoms with van der Waals surface area (Å²) in [7, 11) is 0. The van der Waals surface area contributed by atoms with Gasteiger partial charge < -0.3 is 26.0 Å². The first kappa shape index (κ1) is 21.4. The van der Waals surface area contributed by atoms with Crippen molar-refractivity contribution in [3.05, 3.63) is 83.9 Å². The Kier molecular flexibility index (Phi) is 7.43. The molecule has 0 saturated heterocycles. The number of nitrogens with two attached hydrogens (primary N) is 1. The molecule has 0 aliphatic heterocycles. The second kappa shape index (κ2) is 10.4. The van der Waals surface area contributed by atoms with Crippen molar-refractivity contribution in [2.75, 3.05) is 25.4 Å². The maximum absolute atomic E-state index is 10.9. The third-order valence-electron chi connectivity index (χ3n) is 4.82. The van der Waals surface area contributed by atoms with Crippen LogP contribution in [0.2, 0.25) is 0 Å². The molecule has 3 aromatic carbocycles. The number of carboxylic acid groups (broad SMARTS) is 1. The van der Waals surface area contributed by atoms with Gasteiger partial charge in [0.15, 0.2) is 0 Å². The standard InChI is InChI=1S/C24H26N2O4/c25-22-4-2-1-3-21(22)23(27)13-14-26-15-16-30-20-11-9-18(10-12-20)17-5-7-19(8-6-17)24(28)29/h1-12,23,26-27H,13-16,25H2,(H,28,29). The van der Waals surface area contributed by atoms with E-state index in [0.717, 1.165) is 22.4 Å². The lowest BCUT2D eigenvalue weighted by Gasteiger charge is -2.14. The summed E-state index contributed by atoms with van der Waals surface area (Å²) in [5.41, 5.74) is 9.46. The molecule has 3 rings (SSSR count). The zero-order valence-electron chi connectivity index (χ0n) is 16.6. The summed E-state index contributed by atoms with van der Waals surface area (Å²) in [5, 5.41) is 22.4. The number of para-hydroxylation sites is 1. The third kappa shape index (κ3) is 5.83. The van der Waals surface area contributed by atoms with E-state index in [1.807, 2.05) is 42.5 Å². The number of benzene rings is 3. The van der Waals surface area contributed by atoms with Crippen LogP contribution in [0.5, 0.6) is 5.75 Å². The number of aliphatic hydroxyl groups excluding tert-OH is 1. The molecule has 6 heteroatoms. The fourth-order valence-corrected chi connectivity index (χ4v) is 3.12. The van der Waals surface area contributed by atoms with Gasteiger partial charge in [-0.05, 0) is 54.4 Å². The Bertz CT molecular complexity index is 956. The van der Waals surface area contributed by atoms with Crippen LogP contribution in [0, 0.1) is 0 Å². The van der Waals surface area contributed by atoms with Crippen LogP contribution in [0.3, 0.4) is 0 Å². The minimum absolute atomic E-state index is 0.269. The van der Waals surface area contributed by atoms with Gasteiger partial charge in [-0.25, -0.2) is 4.79 Å². The van der Waals surface area contributed by atoms with Gasteiger partial charge in [-0.1, -0.05) is 42.5 Å². The average molecular weight is 406 g/mol. The van der Waals surface area contributed by atoms with Crippen molar-refractivity contribution >= 4 is 11.7 Å². The van der Waals surface area contributed by atoms with E-state index in [0.29, 0.717) is 31.8 Å². The number of nitrogens with one attached hydrogen (secondary N) is 1. The van der Waals surface area contributed by atoms with Gasteiger partial charge in [-0.2, -0.15) is 0 Å². The van der Waals surface area contributed by atoms with Crippen molar-refractivity contribution in [3.8, 4) is 16.9 Å². The zero-order valence-corrected chi connectivity index (χ0v) is 16.6. The molecule has 1 atom stereocenters. The molecule has 0 fully saturated rings. The van der Waals surface area contributed by atoms with Gasteiger partial charge in [-0.15, -0.1) is 0 Å². The maximum Gasteiger partial charge on any atom is 0.335 e. The van der Waals surface area contributed by atoms with Crippen LogP contribution in [0.4, 0.5) is 5.69 Å². The molecule has 0 saturated carbocycles. The number of aromatic carboxylic acids is 1. The highest BCUT2D eigenvalue weighted by Gasteiger charge is 2.09. The van der Waals surface area contributed by atoms with Gasteiger partial charge in [0, 0.05) is 17.8 Å². The molecule has 0 spiro atoms. The molecule has 5 N–H and O–H groups in total. The fourth-order valence-electron chi connectivity index (χ4n) is 3.12. The lowest BCUT2D eigenvalue weighted by molar-refractivity contribution is 0.0697. The fraction of sp³-hybridized carbons (Fsp3) is 0.208. The first-order chi connectivity index (χ1) is 14.5. The predicted octanol–water partition coefficient (Wildman–Crippen LogP) is 3.73. The molecule has 0 amide bonds. The molecule has 0 heterocycles. The second-order valence-electron chi connectivity index (χ2n) is 6.94. The van der Waals surface area contributed by atoms with Crippen LogP contribution >= 0.6 is 0 Å². The Hall–Kier alpha value is -3.35. The van der Waals surface area contributed by atoms with E-state index >= 15 is 0 Å². The SMILES string of the molecule is Nc1ccccc1C(O)CCNCCOc1ccc(-c2ccc(C(=O)O)cc2)cc1. The average Bonchev–Trinajstić information content (AvgIpc) is 2.77. The first-order valence-corrected chi connectivity index (χ1v) is 9.84. The smallest absolute Gasteiger partial charge is 0.335 e. The molecule has 3 aromatic rings. The predicted molar refractivity (Wildman–Crippen MR) is 118 cm³/mol. The molecule has 1 unspecified atom stereocenters. The summed E-state index contributed by atoms with van der Waals surface area (Å²) in [6.45, 7) is 1.83. The first-order valence-electron chi connectivity index (χ1n) is 9.84. The number of rotatable bonds is 10. The van der Waals surface area contributed by atoms with E-state index in [-0.39, 0.29) is 5.56 Å². The minimum Gasteiger partial charge on any atom is -0.492 e. The Morgan fingerprint density at radius 2 is 1.57 bits per heavy atom. The Balaban J connectivity index is 1.38. The monoisotopic (exact) mass is 406 g/mol. The largest absolute Gasteiger partial charge is 0.492 e. The quantitative estimate of drug-likeness (QED) is 0.302. The van der Waals surface area contributed by atoms with Crippen molar-refractivity contribution in [1.82, 2.24) is 5.32 Å². The number of hydrogen-bond donors (Lipinski definition) is 4. The van der Waals surface area contributed by atoms with Crippen LogP contribution in [0.1, 0.15) is 28.4 Å². The van der Waals surface area contributed by atoms with Crippen molar-refractivity contribution in [1.29, 1.82) is 0 Å². The van der Waals surface area contributed by atoms with Crippen molar-refractivity contribution in [2.24, 2.45) is 0 Å². The van der Waals surface area contributed by atoms with Crippen molar-refractivity contribution in [2.45, 2.75) is 12.5 Å². The van der Waals surface area contributed by atoms with E-state index in [1.54, 1.807) is 30.3 Å². The van der Waals surface area contributed by atoms with Gasteiger partial charge in [-0.3, -0.25) is 0 Å². The summed E-state index contributed by atoms with van der Waals surface area (Å²) in [5.74, 6) is -0.169. The van der Waals surface area contributed by atoms with Crippen LogP contribution in [0.25, 0.3) is 11.1 Å². The number of nitrogen functional groups attached to an aromatic ring is 1. The van der Waals surface area contributed by atoms with E-state index in [4.69, 9.17) is 15.6 Å². The molecule has 0 bridgehead atoms. The normalized spacial score (nSPS) is 11.8. The van der Waals surface area contributed by atoms with Gasteiger partial charge in [0.2, 0.25) is 0 Å². The zero-order chi connectivity index (χ0) is 21.3. The summed E-state index contributed by atoms with van der Waals surface area (Å²) < 4.78 is 5.74. The van der Waals surface area contributed by atoms with E-state index in [9.17, 15) is 9.90 Å². The highest BCUT2D eigenvalue weighted by Crippen LogP contribution is 2.23. The van der Waals surface area contributed by atoms with E-state index in [2.05, 4.69) is 5.32 Å². The Labute approximate surface area is 175 Å². The van der Waals surface area contributed by atoms with Gasteiger partial charge in [0.25, 0.3) is 0 Å². The summed E-state index contributed by atoms with van der Waals surface area (Å²) in [4.78, 5) is 10.9. The highest BCUT2D eigenvalue weighted by molar-refractivity contribution is 5.88. The van der Waals surface area contributed by atoms with Crippen LogP contribution in [-0.2, 0) is 0 Å². The van der Waals surface area contributed by atoms with Crippen molar-refractivity contribution in [3.63, 3.8) is 0 Å². The maximum atomic E-state index is 10.9. The molecule has 0 aliphatic carbocycles. The molecule has 0 aromatic heterocycles. The Morgan fingerprint density at radius 1 is 0.933 bits per heavy atom. The highest BCUT2D eigenvalue weighted by atomic mass is 16.5. The number of ether oxygens (including phenoxy) is 1. The molecule has 0 radical (unpaired) electrons. The lowest BCUT2D eigenvalue weighted by atomic mass is 10.0. The molecule has 6 nitrogen and oxygen atoms in total. The second-order valence-corrected chi connectivity index (χ2v) is 6.94. The minimum atomic E-state index is -0.933. The van der Waals surface area contributed by atoms with E-state index < -0.39 is 12.1 Å². The van der Waals surface area contributed by atoms with Crippen LogP contribution in [-0.4, -0.2) is 35.9 Å². The summed E-state index contributed by atoms with van der Waals surface area (Å²) in [6.07, 6.45) is -0.0134. The molecular formula is C24H26N2O4. The summed E-state index contributed by atoms with van der Waals surface area (Å²) in [6, 6.07) is 21.8. The lowest BCUT2D eigenvalue weighted by Crippen LogP contribution is -2.23. The van der Waals surface area contributed by atoms with Crippen LogP contribution in [0.15, 0.2) is 72.8 Å². The molecule has 0 aliphatic rings. The van der Waals surface area contributed by atoms with Gasteiger partial charge >= 0.3 is 5.97 Å². The topological polar surface area (TPSA) is 105 Å². The Morgan fingerprint density at radius 3 is 2.20 bits per heavy atom. The number of carbonyl (C=O) groups is 1. The van der Waals surface area contributed by atoms with Gasteiger partial charge in [0.1, 0.15) is 12.4 Å². The van der Waals surface area contributed by atoms with Crippen LogP contribution < -0.4 is 15.8 Å². The number of aliphatic hydroxyl groups is 1. The van der Waals surface area contributed by atoms with Gasteiger partial charge in [0.05, 0.1) is 11.7 Å². The number of hydrogen-bond acceptors (Lipinski definition) is 5. The number of carboxylic acids is 1. The van der Waals surface area contributed by atoms with Crippen molar-refractivity contribution < 1.29 is 19.7 Å². The third-order valence-corrected chi connectivity index (χ3v) is 4.82. The number of anilines is 1.